The highest BCUT2D eigenvalue weighted by atomic mass is 16.1. The number of nitrogens with zero attached hydrogens (tertiary/aromatic N) is 4. The first-order chi connectivity index (χ1) is 11.8. The summed E-state index contributed by atoms with van der Waals surface area (Å²) in [6.45, 7) is 1.51. The second kappa shape index (κ2) is 5.81. The molecule has 0 radical (unpaired) electrons. The summed E-state index contributed by atoms with van der Waals surface area (Å²) < 4.78 is 0. The molecule has 0 spiro atoms. The lowest BCUT2D eigenvalue weighted by molar-refractivity contribution is -0.124. The average molecular weight is 320 g/mol. The maximum Gasteiger partial charge on any atom is 0.225 e. The number of H-pyrrole nitrogens is 1. The van der Waals surface area contributed by atoms with Crippen LogP contribution in [0.4, 0.5) is 5.69 Å². The van der Waals surface area contributed by atoms with E-state index in [4.69, 9.17) is 5.26 Å². The number of pyridine rings is 2. The maximum absolute atomic E-state index is 12.1. The monoisotopic (exact) mass is 320 g/mol. The minimum atomic E-state index is -0.0925. The smallest absolute Gasteiger partial charge is 0.225 e. The number of carbonyl (C=O) groups excluding carboxylic acids is 1. The summed E-state index contributed by atoms with van der Waals surface area (Å²) in [6, 6.07) is 5.94. The molecule has 1 saturated heterocycles. The lowest BCUT2D eigenvalue weighted by Gasteiger charge is -2.20. The van der Waals surface area contributed by atoms with Crippen LogP contribution in [-0.4, -0.2) is 40.5 Å². The van der Waals surface area contributed by atoms with E-state index in [2.05, 4.69) is 25.2 Å². The van der Waals surface area contributed by atoms with E-state index < -0.39 is 0 Å². The summed E-state index contributed by atoms with van der Waals surface area (Å²) >= 11 is 0. The third-order valence-electron chi connectivity index (χ3n) is 4.51. The van der Waals surface area contributed by atoms with Crippen molar-refractivity contribution in [3.8, 4) is 6.07 Å². The molecule has 0 saturated carbocycles. The third kappa shape index (κ3) is 2.33. The summed E-state index contributed by atoms with van der Waals surface area (Å²) in [5, 5.41) is 13.3. The standard InChI is InChI=1S/C17H16N6O/c18-4-7-21-17(24)11-3-8-23(10-11)14-2-6-19-13-9-22-16-12(15(13)14)1-5-20-16/h1-2,5-6,9,11H,3,7-8,10H2,(H,20,22)(H,21,24). The minimum Gasteiger partial charge on any atom is -0.370 e. The van der Waals surface area contributed by atoms with Crippen molar-refractivity contribution in [2.75, 3.05) is 24.5 Å². The molecule has 1 amide bonds. The molecule has 2 N–H and O–H groups in total. The van der Waals surface area contributed by atoms with Gasteiger partial charge in [0.1, 0.15) is 12.2 Å². The van der Waals surface area contributed by atoms with Gasteiger partial charge in [0.15, 0.2) is 0 Å². The SMILES string of the molecule is N#CCNC(=O)C1CCN(c2ccnc3cnc4[nH]ccc4c23)C1. The van der Waals surface area contributed by atoms with Gasteiger partial charge in [-0.25, -0.2) is 4.98 Å². The predicted octanol–water partition coefficient (Wildman–Crippen LogP) is 1.58. The Morgan fingerprint density at radius 2 is 2.38 bits per heavy atom. The number of aromatic nitrogens is 3. The molecule has 1 atom stereocenters. The van der Waals surface area contributed by atoms with Gasteiger partial charge in [0, 0.05) is 41.9 Å². The van der Waals surface area contributed by atoms with Gasteiger partial charge in [0.2, 0.25) is 5.91 Å². The molecule has 120 valence electrons. The Morgan fingerprint density at radius 3 is 3.25 bits per heavy atom. The molecule has 4 heterocycles. The van der Waals surface area contributed by atoms with Crippen LogP contribution in [0.3, 0.4) is 0 Å². The van der Waals surface area contributed by atoms with Gasteiger partial charge in [0.25, 0.3) is 0 Å². The van der Waals surface area contributed by atoms with Crippen molar-refractivity contribution in [3.05, 3.63) is 30.7 Å². The van der Waals surface area contributed by atoms with E-state index in [0.717, 1.165) is 40.6 Å². The fraction of sp³-hybridized carbons (Fsp3) is 0.294. The fourth-order valence-electron chi connectivity index (χ4n) is 3.36. The van der Waals surface area contributed by atoms with Crippen LogP contribution in [0.1, 0.15) is 6.42 Å². The molecule has 0 bridgehead atoms. The van der Waals surface area contributed by atoms with E-state index >= 15 is 0 Å². The van der Waals surface area contributed by atoms with Gasteiger partial charge in [-0.15, -0.1) is 0 Å². The molecule has 7 nitrogen and oxygen atoms in total. The van der Waals surface area contributed by atoms with Crippen LogP contribution < -0.4 is 10.2 Å². The van der Waals surface area contributed by atoms with Crippen molar-refractivity contribution in [1.82, 2.24) is 20.3 Å². The zero-order valence-electron chi connectivity index (χ0n) is 13.0. The summed E-state index contributed by atoms with van der Waals surface area (Å²) in [4.78, 5) is 26.2. The Kier molecular flexibility index (Phi) is 3.50. The lowest BCUT2D eigenvalue weighted by atomic mass is 10.1. The van der Waals surface area contributed by atoms with E-state index in [-0.39, 0.29) is 18.4 Å². The number of hydrogen-bond acceptors (Lipinski definition) is 5. The average Bonchev–Trinajstić information content (AvgIpc) is 3.28. The molecule has 1 fully saturated rings. The number of aromatic amines is 1. The van der Waals surface area contributed by atoms with E-state index in [1.165, 1.54) is 0 Å². The first kappa shape index (κ1) is 14.5. The number of amides is 1. The largest absolute Gasteiger partial charge is 0.370 e. The highest BCUT2D eigenvalue weighted by molar-refractivity contribution is 6.10. The Hall–Kier alpha value is -3.14. The number of carbonyl (C=O) groups is 1. The number of rotatable bonds is 3. The van der Waals surface area contributed by atoms with Crippen LogP contribution >= 0.6 is 0 Å². The molecule has 1 aliphatic rings. The van der Waals surface area contributed by atoms with E-state index in [0.29, 0.717) is 6.54 Å². The van der Waals surface area contributed by atoms with Crippen LogP contribution in [0.15, 0.2) is 30.7 Å². The quantitative estimate of drug-likeness (QED) is 0.714. The fourth-order valence-corrected chi connectivity index (χ4v) is 3.36. The Morgan fingerprint density at radius 1 is 1.46 bits per heavy atom. The molecule has 24 heavy (non-hydrogen) atoms. The van der Waals surface area contributed by atoms with Crippen molar-refractivity contribution in [1.29, 1.82) is 5.26 Å². The molecule has 1 unspecified atom stereocenters. The van der Waals surface area contributed by atoms with Crippen LogP contribution in [0, 0.1) is 17.2 Å². The zero-order chi connectivity index (χ0) is 16.5. The van der Waals surface area contributed by atoms with Crippen LogP contribution in [0.25, 0.3) is 21.9 Å². The van der Waals surface area contributed by atoms with Gasteiger partial charge >= 0.3 is 0 Å². The van der Waals surface area contributed by atoms with Crippen LogP contribution in [0.5, 0.6) is 0 Å². The van der Waals surface area contributed by atoms with Gasteiger partial charge in [-0.3, -0.25) is 9.78 Å². The summed E-state index contributed by atoms with van der Waals surface area (Å²) in [5.41, 5.74) is 2.75. The van der Waals surface area contributed by atoms with Gasteiger partial charge in [-0.2, -0.15) is 5.26 Å². The first-order valence-electron chi connectivity index (χ1n) is 7.88. The van der Waals surface area contributed by atoms with Gasteiger partial charge in [-0.1, -0.05) is 0 Å². The van der Waals surface area contributed by atoms with Crippen LogP contribution in [0.2, 0.25) is 0 Å². The number of anilines is 1. The molecule has 3 aromatic rings. The van der Waals surface area contributed by atoms with E-state index in [1.54, 1.807) is 12.4 Å². The van der Waals surface area contributed by atoms with Gasteiger partial charge in [-0.05, 0) is 18.6 Å². The summed E-state index contributed by atoms with van der Waals surface area (Å²) in [7, 11) is 0. The zero-order valence-corrected chi connectivity index (χ0v) is 13.0. The highest BCUT2D eigenvalue weighted by Crippen LogP contribution is 2.33. The third-order valence-corrected chi connectivity index (χ3v) is 4.51. The van der Waals surface area contributed by atoms with Crippen molar-refractivity contribution in [2.45, 2.75) is 6.42 Å². The molecule has 7 heteroatoms. The van der Waals surface area contributed by atoms with E-state index in [1.807, 2.05) is 24.4 Å². The number of nitrogens with one attached hydrogen (secondary N) is 2. The molecular weight excluding hydrogens is 304 g/mol. The number of hydrogen-bond donors (Lipinski definition) is 2. The van der Waals surface area contributed by atoms with Crippen LogP contribution in [-0.2, 0) is 4.79 Å². The number of nitriles is 1. The Balaban J connectivity index is 1.69. The molecular formula is C17H16N6O. The van der Waals surface area contributed by atoms with Gasteiger partial charge < -0.3 is 15.2 Å². The molecule has 4 rings (SSSR count). The molecule has 3 aromatic heterocycles. The summed E-state index contributed by atoms with van der Waals surface area (Å²) in [5.74, 6) is -0.143. The number of fused-ring (bicyclic) bond motifs is 3. The van der Waals surface area contributed by atoms with Gasteiger partial charge in [0.05, 0.1) is 23.7 Å². The van der Waals surface area contributed by atoms with E-state index in [9.17, 15) is 4.79 Å². The molecule has 1 aliphatic heterocycles. The topological polar surface area (TPSA) is 97.7 Å². The predicted molar refractivity (Wildman–Crippen MR) is 90.3 cm³/mol. The van der Waals surface area contributed by atoms with Crippen molar-refractivity contribution in [2.24, 2.45) is 5.92 Å². The minimum absolute atomic E-state index is 0.0501. The second-order valence-electron chi connectivity index (χ2n) is 5.90. The van der Waals surface area contributed by atoms with Crippen molar-refractivity contribution < 1.29 is 4.79 Å². The lowest BCUT2D eigenvalue weighted by Crippen LogP contribution is -2.33. The van der Waals surface area contributed by atoms with Crippen molar-refractivity contribution >= 4 is 33.5 Å². The Bertz CT molecular complexity index is 957. The highest BCUT2D eigenvalue weighted by Gasteiger charge is 2.29. The summed E-state index contributed by atoms with van der Waals surface area (Å²) in [6.07, 6.45) is 6.20. The molecule has 0 aromatic carbocycles. The maximum atomic E-state index is 12.1. The molecule has 0 aliphatic carbocycles. The second-order valence-corrected chi connectivity index (χ2v) is 5.90. The Labute approximate surface area is 138 Å². The van der Waals surface area contributed by atoms with Crippen molar-refractivity contribution in [3.63, 3.8) is 0 Å². The first-order valence-corrected chi connectivity index (χ1v) is 7.88. The normalized spacial score (nSPS) is 17.3.